The summed E-state index contributed by atoms with van der Waals surface area (Å²) in [5.74, 6) is -0.170. The lowest BCUT2D eigenvalue weighted by Gasteiger charge is -2.21. The lowest BCUT2D eigenvalue weighted by Crippen LogP contribution is -2.36. The van der Waals surface area contributed by atoms with Crippen molar-refractivity contribution in [3.05, 3.63) is 21.9 Å². The number of carbonyl (C=O) groups excluding carboxylic acids is 2. The van der Waals surface area contributed by atoms with Crippen LogP contribution in [0.1, 0.15) is 26.3 Å². The maximum atomic E-state index is 12.3. The van der Waals surface area contributed by atoms with Crippen LogP contribution in [-0.2, 0) is 4.74 Å². The van der Waals surface area contributed by atoms with Gasteiger partial charge >= 0.3 is 0 Å². The van der Waals surface area contributed by atoms with Crippen molar-refractivity contribution in [1.82, 2.24) is 4.90 Å². The van der Waals surface area contributed by atoms with E-state index in [1.54, 1.807) is 17.0 Å². The summed E-state index contributed by atoms with van der Waals surface area (Å²) in [4.78, 5) is 26.4. The molecule has 1 aromatic heterocycles. The summed E-state index contributed by atoms with van der Waals surface area (Å²) in [6.45, 7) is 3.45. The Hall–Kier alpha value is -1.24. The molecule has 1 saturated heterocycles. The molecule has 19 heavy (non-hydrogen) atoms. The van der Waals surface area contributed by atoms with Gasteiger partial charge in [-0.15, -0.1) is 11.3 Å². The highest BCUT2D eigenvalue weighted by Crippen LogP contribution is 2.20. The molecule has 0 aliphatic carbocycles. The summed E-state index contributed by atoms with van der Waals surface area (Å²) in [6.07, 6.45) is 0. The molecule has 1 atom stereocenters. The van der Waals surface area contributed by atoms with Gasteiger partial charge in [-0.2, -0.15) is 0 Å². The summed E-state index contributed by atoms with van der Waals surface area (Å²) in [6, 6.07) is 3.36. The fraction of sp³-hybridized carbons (Fsp3) is 0.538. The van der Waals surface area contributed by atoms with Crippen molar-refractivity contribution in [3.63, 3.8) is 0 Å². The monoisotopic (exact) mass is 283 g/mol. The van der Waals surface area contributed by atoms with Crippen LogP contribution in [0.4, 0.5) is 0 Å². The Morgan fingerprint density at radius 1 is 1.47 bits per heavy atom. The second-order valence-corrected chi connectivity index (χ2v) is 5.68. The van der Waals surface area contributed by atoms with E-state index in [0.717, 1.165) is 0 Å². The summed E-state index contributed by atoms with van der Waals surface area (Å²) in [7, 11) is 0. The molecule has 1 amide bonds. The Balaban J connectivity index is 2.10. The first-order valence-electron chi connectivity index (χ1n) is 6.20. The fourth-order valence-corrected chi connectivity index (χ4v) is 2.84. The third kappa shape index (κ3) is 3.40. The minimum atomic E-state index is -0.0959. The summed E-state index contributed by atoms with van der Waals surface area (Å²) >= 11 is 1.21. The molecular formula is C13H17NO4S. The highest BCUT2D eigenvalue weighted by molar-refractivity contribution is 7.15. The molecule has 2 heterocycles. The van der Waals surface area contributed by atoms with E-state index in [1.165, 1.54) is 18.3 Å². The topological polar surface area (TPSA) is 66.8 Å². The number of carbonyl (C=O) groups is 2. The van der Waals surface area contributed by atoms with Crippen LogP contribution in [0, 0.1) is 5.92 Å². The number of hydrogen-bond donors (Lipinski definition) is 1. The van der Waals surface area contributed by atoms with Crippen molar-refractivity contribution in [1.29, 1.82) is 0 Å². The van der Waals surface area contributed by atoms with E-state index < -0.39 is 0 Å². The van der Waals surface area contributed by atoms with Gasteiger partial charge in [0, 0.05) is 25.6 Å². The molecule has 0 bridgehead atoms. The number of thiophene rings is 1. The van der Waals surface area contributed by atoms with Gasteiger partial charge in [0.2, 0.25) is 0 Å². The quantitative estimate of drug-likeness (QED) is 0.841. The van der Waals surface area contributed by atoms with Gasteiger partial charge in [0.25, 0.3) is 5.91 Å². The van der Waals surface area contributed by atoms with Crippen LogP contribution < -0.4 is 0 Å². The first-order valence-corrected chi connectivity index (χ1v) is 7.02. The van der Waals surface area contributed by atoms with Gasteiger partial charge in [-0.05, 0) is 19.1 Å². The molecule has 5 nitrogen and oxygen atoms in total. The van der Waals surface area contributed by atoms with E-state index in [0.29, 0.717) is 36.1 Å². The SMILES string of the molecule is CC(=O)c1ccc(C(=O)N2CCOC[C@@H](CO)C2)s1. The van der Waals surface area contributed by atoms with E-state index in [2.05, 4.69) is 0 Å². The fourth-order valence-electron chi connectivity index (χ4n) is 1.97. The minimum Gasteiger partial charge on any atom is -0.396 e. The summed E-state index contributed by atoms with van der Waals surface area (Å²) in [5, 5.41) is 9.20. The molecule has 1 fully saturated rings. The first kappa shape index (κ1) is 14.2. The van der Waals surface area contributed by atoms with E-state index in [-0.39, 0.29) is 24.2 Å². The number of aliphatic hydroxyl groups is 1. The molecule has 6 heteroatoms. The summed E-state index contributed by atoms with van der Waals surface area (Å²) < 4.78 is 5.35. The van der Waals surface area contributed by atoms with Crippen LogP contribution in [-0.4, -0.2) is 54.6 Å². The zero-order valence-corrected chi connectivity index (χ0v) is 11.6. The molecule has 1 aromatic rings. The predicted octanol–water partition coefficient (Wildman–Crippen LogP) is 1.03. The van der Waals surface area contributed by atoms with Gasteiger partial charge < -0.3 is 14.7 Å². The van der Waals surface area contributed by atoms with Crippen LogP contribution in [0.5, 0.6) is 0 Å². The largest absolute Gasteiger partial charge is 0.396 e. The Morgan fingerprint density at radius 3 is 2.84 bits per heavy atom. The third-order valence-electron chi connectivity index (χ3n) is 3.05. The van der Waals surface area contributed by atoms with Crippen LogP contribution >= 0.6 is 11.3 Å². The molecule has 0 aromatic carbocycles. The minimum absolute atomic E-state index is 0.00686. The maximum absolute atomic E-state index is 12.3. The Bertz CT molecular complexity index is 471. The third-order valence-corrected chi connectivity index (χ3v) is 4.22. The molecule has 1 N–H and O–H groups in total. The van der Waals surface area contributed by atoms with Crippen molar-refractivity contribution >= 4 is 23.0 Å². The van der Waals surface area contributed by atoms with Crippen molar-refractivity contribution < 1.29 is 19.4 Å². The molecule has 0 unspecified atom stereocenters. The van der Waals surface area contributed by atoms with E-state index >= 15 is 0 Å². The Labute approximate surface area is 115 Å². The molecule has 104 valence electrons. The molecule has 1 aliphatic rings. The number of amides is 1. The number of hydrogen-bond acceptors (Lipinski definition) is 5. The first-order chi connectivity index (χ1) is 9.11. The smallest absolute Gasteiger partial charge is 0.264 e. The Morgan fingerprint density at radius 2 is 2.21 bits per heavy atom. The second-order valence-electron chi connectivity index (χ2n) is 4.59. The molecule has 0 spiro atoms. The number of nitrogens with zero attached hydrogens (tertiary/aromatic N) is 1. The maximum Gasteiger partial charge on any atom is 0.264 e. The van der Waals surface area contributed by atoms with E-state index in [1.807, 2.05) is 0 Å². The Kier molecular flexibility index (Phi) is 4.68. The van der Waals surface area contributed by atoms with Crippen LogP contribution in [0.3, 0.4) is 0 Å². The van der Waals surface area contributed by atoms with Crippen molar-refractivity contribution in [2.45, 2.75) is 6.92 Å². The van der Waals surface area contributed by atoms with Crippen LogP contribution in [0.15, 0.2) is 12.1 Å². The van der Waals surface area contributed by atoms with Gasteiger partial charge in [0.1, 0.15) is 0 Å². The molecule has 2 rings (SSSR count). The number of aliphatic hydroxyl groups excluding tert-OH is 1. The normalized spacial score (nSPS) is 20.1. The van der Waals surface area contributed by atoms with Gasteiger partial charge in [-0.25, -0.2) is 0 Å². The molecule has 0 radical (unpaired) electrons. The predicted molar refractivity (Wildman–Crippen MR) is 71.6 cm³/mol. The van der Waals surface area contributed by atoms with Gasteiger partial charge in [0.15, 0.2) is 5.78 Å². The number of rotatable bonds is 3. The van der Waals surface area contributed by atoms with Crippen LogP contribution in [0.2, 0.25) is 0 Å². The zero-order chi connectivity index (χ0) is 13.8. The van der Waals surface area contributed by atoms with Gasteiger partial charge in [-0.1, -0.05) is 0 Å². The van der Waals surface area contributed by atoms with Crippen molar-refractivity contribution in [3.8, 4) is 0 Å². The van der Waals surface area contributed by atoms with Gasteiger partial charge in [-0.3, -0.25) is 9.59 Å². The van der Waals surface area contributed by atoms with E-state index in [4.69, 9.17) is 4.74 Å². The lowest BCUT2D eigenvalue weighted by molar-refractivity contribution is 0.0733. The average molecular weight is 283 g/mol. The van der Waals surface area contributed by atoms with Crippen molar-refractivity contribution in [2.24, 2.45) is 5.92 Å². The highest BCUT2D eigenvalue weighted by atomic mass is 32.1. The standard InChI is InChI=1S/C13H17NO4S/c1-9(16)11-2-3-12(19-11)13(17)14-4-5-18-8-10(6-14)7-15/h2-3,10,15H,4-8H2,1H3/t10-/m1/s1. The second kappa shape index (κ2) is 6.27. The zero-order valence-electron chi connectivity index (χ0n) is 10.8. The van der Waals surface area contributed by atoms with Crippen molar-refractivity contribution in [2.75, 3.05) is 32.9 Å². The number of Topliss-reactive ketones (excluding diaryl/α,β-unsaturated/α-hetero) is 1. The van der Waals surface area contributed by atoms with Gasteiger partial charge in [0.05, 0.1) is 23.0 Å². The lowest BCUT2D eigenvalue weighted by atomic mass is 10.1. The molecule has 0 saturated carbocycles. The highest BCUT2D eigenvalue weighted by Gasteiger charge is 2.24. The summed E-state index contributed by atoms with van der Waals surface area (Å²) in [5.41, 5.74) is 0. The molecular weight excluding hydrogens is 266 g/mol. The van der Waals surface area contributed by atoms with E-state index in [9.17, 15) is 14.7 Å². The molecule has 1 aliphatic heterocycles. The number of ketones is 1. The average Bonchev–Trinajstić information content (AvgIpc) is 2.77. The van der Waals surface area contributed by atoms with Crippen LogP contribution in [0.25, 0.3) is 0 Å². The number of ether oxygens (including phenoxy) is 1.